The number of aliphatic imine (C=N–C) groups is 1. The summed E-state index contributed by atoms with van der Waals surface area (Å²) in [7, 11) is 3.66. The minimum Gasteiger partial charge on any atom is -0.356 e. The summed E-state index contributed by atoms with van der Waals surface area (Å²) in [6.45, 7) is 2.91. The van der Waals surface area contributed by atoms with Crippen LogP contribution in [0.4, 0.5) is 0 Å². The Morgan fingerprint density at radius 1 is 1.22 bits per heavy atom. The zero-order chi connectivity index (χ0) is 19.1. The van der Waals surface area contributed by atoms with Crippen LogP contribution in [0.2, 0.25) is 0 Å². The van der Waals surface area contributed by atoms with Crippen molar-refractivity contribution in [3.05, 3.63) is 53.3 Å². The van der Waals surface area contributed by atoms with Crippen LogP contribution in [-0.4, -0.2) is 46.7 Å². The number of hydrogen-bond acceptors (Lipinski definition) is 3. The first-order valence-electron chi connectivity index (χ1n) is 9.43. The fourth-order valence-electron chi connectivity index (χ4n) is 3.28. The van der Waals surface area contributed by atoms with Crippen molar-refractivity contribution in [1.82, 2.24) is 25.3 Å². The Hall–Kier alpha value is -2.83. The summed E-state index contributed by atoms with van der Waals surface area (Å²) in [5, 5.41) is 10.7. The van der Waals surface area contributed by atoms with E-state index >= 15 is 0 Å². The SMILES string of the molecule is CN=C(NCCCC(=O)N1CCc2ccccc2C1)NCc1ccnn1C. The third-order valence-corrected chi connectivity index (χ3v) is 4.93. The molecule has 0 unspecified atom stereocenters. The normalized spacial score (nSPS) is 14.0. The van der Waals surface area contributed by atoms with Crippen molar-refractivity contribution in [1.29, 1.82) is 0 Å². The van der Waals surface area contributed by atoms with Crippen LogP contribution in [0.1, 0.15) is 29.7 Å². The van der Waals surface area contributed by atoms with Gasteiger partial charge in [-0.25, -0.2) is 0 Å². The topological polar surface area (TPSA) is 74.6 Å². The number of benzene rings is 1. The van der Waals surface area contributed by atoms with Crippen LogP contribution in [0.3, 0.4) is 0 Å². The molecule has 0 saturated heterocycles. The predicted molar refractivity (Wildman–Crippen MR) is 106 cm³/mol. The molecule has 1 amide bonds. The Morgan fingerprint density at radius 2 is 2.04 bits per heavy atom. The maximum Gasteiger partial charge on any atom is 0.222 e. The van der Waals surface area contributed by atoms with Crippen LogP contribution in [0, 0.1) is 0 Å². The molecule has 2 N–H and O–H groups in total. The number of nitrogens with one attached hydrogen (secondary N) is 2. The summed E-state index contributed by atoms with van der Waals surface area (Å²) in [5.74, 6) is 0.958. The summed E-state index contributed by atoms with van der Waals surface area (Å²) in [6, 6.07) is 10.4. The molecule has 2 heterocycles. The van der Waals surface area contributed by atoms with Crippen LogP contribution < -0.4 is 10.6 Å². The van der Waals surface area contributed by atoms with Gasteiger partial charge in [0.05, 0.1) is 12.2 Å². The van der Waals surface area contributed by atoms with Crippen molar-refractivity contribution in [3.8, 4) is 0 Å². The third-order valence-electron chi connectivity index (χ3n) is 4.93. The maximum atomic E-state index is 12.5. The van der Waals surface area contributed by atoms with Crippen LogP contribution in [0.5, 0.6) is 0 Å². The number of carbonyl (C=O) groups excluding carboxylic acids is 1. The molecular weight excluding hydrogens is 340 g/mol. The minimum atomic E-state index is 0.226. The van der Waals surface area contributed by atoms with E-state index in [4.69, 9.17) is 0 Å². The predicted octanol–water partition coefficient (Wildman–Crippen LogP) is 1.45. The molecule has 1 aromatic heterocycles. The number of amides is 1. The Kier molecular flexibility index (Phi) is 6.46. The second-order valence-corrected chi connectivity index (χ2v) is 6.74. The van der Waals surface area contributed by atoms with Gasteiger partial charge < -0.3 is 15.5 Å². The molecule has 7 heteroatoms. The van der Waals surface area contributed by atoms with Gasteiger partial charge in [-0.2, -0.15) is 5.10 Å². The van der Waals surface area contributed by atoms with E-state index in [1.165, 1.54) is 11.1 Å². The molecule has 1 aliphatic heterocycles. The molecule has 0 radical (unpaired) electrons. The van der Waals surface area contributed by atoms with Gasteiger partial charge in [-0.3, -0.25) is 14.5 Å². The number of rotatable bonds is 6. The first kappa shape index (κ1) is 18.9. The fourth-order valence-corrected chi connectivity index (χ4v) is 3.28. The molecular formula is C20H28N6O. The standard InChI is InChI=1S/C20H28N6O/c1-21-20(23-14-18-9-12-24-25(18)2)22-11-5-8-19(27)26-13-10-16-6-3-4-7-17(16)15-26/h3-4,6-7,9,12H,5,8,10-11,13-15H2,1-2H3,(H2,21,22,23). The van der Waals surface area contributed by atoms with E-state index < -0.39 is 0 Å². The number of guanidine groups is 1. The van der Waals surface area contributed by atoms with Crippen LogP contribution in [0.15, 0.2) is 41.5 Å². The van der Waals surface area contributed by atoms with Gasteiger partial charge in [0.25, 0.3) is 0 Å². The summed E-state index contributed by atoms with van der Waals surface area (Å²) in [4.78, 5) is 18.7. The van der Waals surface area contributed by atoms with E-state index in [0.29, 0.717) is 19.5 Å². The average molecular weight is 368 g/mol. The molecule has 0 saturated carbocycles. The molecule has 1 aromatic carbocycles. The lowest BCUT2D eigenvalue weighted by atomic mass is 9.99. The zero-order valence-electron chi connectivity index (χ0n) is 16.1. The van der Waals surface area contributed by atoms with E-state index in [1.54, 1.807) is 13.2 Å². The highest BCUT2D eigenvalue weighted by atomic mass is 16.2. The van der Waals surface area contributed by atoms with Gasteiger partial charge >= 0.3 is 0 Å². The summed E-state index contributed by atoms with van der Waals surface area (Å²) in [6.07, 6.45) is 4.06. The maximum absolute atomic E-state index is 12.5. The average Bonchev–Trinajstić information content (AvgIpc) is 3.11. The molecule has 0 bridgehead atoms. The summed E-state index contributed by atoms with van der Waals surface area (Å²) >= 11 is 0. The highest BCUT2D eigenvalue weighted by Crippen LogP contribution is 2.19. The van der Waals surface area contributed by atoms with Crippen molar-refractivity contribution in [2.24, 2.45) is 12.0 Å². The highest BCUT2D eigenvalue weighted by Gasteiger charge is 2.19. The lowest BCUT2D eigenvalue weighted by Gasteiger charge is -2.29. The number of nitrogens with zero attached hydrogens (tertiary/aromatic N) is 4. The van der Waals surface area contributed by atoms with E-state index in [1.807, 2.05) is 28.8 Å². The van der Waals surface area contributed by atoms with Gasteiger partial charge in [-0.05, 0) is 30.0 Å². The quantitative estimate of drug-likeness (QED) is 0.460. The zero-order valence-corrected chi connectivity index (χ0v) is 16.1. The van der Waals surface area contributed by atoms with Crippen molar-refractivity contribution in [2.75, 3.05) is 20.1 Å². The molecule has 0 spiro atoms. The molecule has 0 atom stereocenters. The monoisotopic (exact) mass is 368 g/mol. The van der Waals surface area contributed by atoms with E-state index in [9.17, 15) is 4.79 Å². The number of aromatic nitrogens is 2. The number of aryl methyl sites for hydroxylation is 1. The van der Waals surface area contributed by atoms with Gasteiger partial charge in [0.1, 0.15) is 0 Å². The van der Waals surface area contributed by atoms with E-state index in [-0.39, 0.29) is 5.91 Å². The Balaban J connectivity index is 1.37. The van der Waals surface area contributed by atoms with Crippen molar-refractivity contribution in [2.45, 2.75) is 32.4 Å². The largest absolute Gasteiger partial charge is 0.356 e. The Labute approximate surface area is 160 Å². The highest BCUT2D eigenvalue weighted by molar-refractivity contribution is 5.80. The van der Waals surface area contributed by atoms with Crippen molar-refractivity contribution >= 4 is 11.9 Å². The number of fused-ring (bicyclic) bond motifs is 1. The van der Waals surface area contributed by atoms with E-state index in [2.05, 4.69) is 38.9 Å². The van der Waals surface area contributed by atoms with Crippen LogP contribution in [0.25, 0.3) is 0 Å². The van der Waals surface area contributed by atoms with Crippen LogP contribution >= 0.6 is 0 Å². The molecule has 1 aliphatic rings. The smallest absolute Gasteiger partial charge is 0.222 e. The number of carbonyl (C=O) groups is 1. The molecule has 7 nitrogen and oxygen atoms in total. The lowest BCUT2D eigenvalue weighted by Crippen LogP contribution is -2.39. The van der Waals surface area contributed by atoms with Gasteiger partial charge in [0.15, 0.2) is 5.96 Å². The van der Waals surface area contributed by atoms with Crippen molar-refractivity contribution < 1.29 is 4.79 Å². The second kappa shape index (κ2) is 9.21. The van der Waals surface area contributed by atoms with Crippen molar-refractivity contribution in [3.63, 3.8) is 0 Å². The van der Waals surface area contributed by atoms with Gasteiger partial charge in [0, 0.05) is 46.3 Å². The first-order valence-corrected chi connectivity index (χ1v) is 9.43. The third kappa shape index (κ3) is 5.09. The molecule has 27 heavy (non-hydrogen) atoms. The molecule has 2 aromatic rings. The second-order valence-electron chi connectivity index (χ2n) is 6.74. The molecule has 0 fully saturated rings. The van der Waals surface area contributed by atoms with E-state index in [0.717, 1.165) is 37.6 Å². The summed E-state index contributed by atoms with van der Waals surface area (Å²) in [5.41, 5.74) is 3.72. The molecule has 3 rings (SSSR count). The molecule has 144 valence electrons. The summed E-state index contributed by atoms with van der Waals surface area (Å²) < 4.78 is 1.83. The van der Waals surface area contributed by atoms with Gasteiger partial charge in [0.2, 0.25) is 5.91 Å². The fraction of sp³-hybridized carbons (Fsp3) is 0.450. The van der Waals surface area contributed by atoms with Gasteiger partial charge in [-0.1, -0.05) is 24.3 Å². The van der Waals surface area contributed by atoms with Crippen LogP contribution in [-0.2, 0) is 31.4 Å². The Bertz CT molecular complexity index is 797. The molecule has 0 aliphatic carbocycles. The lowest BCUT2D eigenvalue weighted by molar-refractivity contribution is -0.132. The minimum absolute atomic E-state index is 0.226. The number of hydrogen-bond donors (Lipinski definition) is 2. The first-order chi connectivity index (χ1) is 13.2. The Morgan fingerprint density at radius 3 is 2.78 bits per heavy atom. The van der Waals surface area contributed by atoms with Gasteiger partial charge in [-0.15, -0.1) is 0 Å².